The summed E-state index contributed by atoms with van der Waals surface area (Å²) in [5.74, 6) is -0.238. The molecule has 6 heteroatoms. The maximum Gasteiger partial charge on any atom is 0.318 e. The standard InChI is InChI=1S/C20H18N4O2/c1-21-20(26)24-16-9-7-15(8-10-16)23-19(25)11-6-14-12-13-22-18-5-3-2-4-17(14)18/h2-13H,1H3,(H,23,25)(H2,21,24,26)/b11-6+. The summed E-state index contributed by atoms with van der Waals surface area (Å²) >= 11 is 0. The molecule has 6 nitrogen and oxygen atoms in total. The van der Waals surface area contributed by atoms with E-state index in [1.807, 2.05) is 30.3 Å². The fourth-order valence-corrected chi connectivity index (χ4v) is 2.44. The van der Waals surface area contributed by atoms with E-state index < -0.39 is 0 Å². The van der Waals surface area contributed by atoms with Crippen LogP contribution in [0, 0.1) is 0 Å². The second-order valence-electron chi connectivity index (χ2n) is 5.52. The highest BCUT2D eigenvalue weighted by atomic mass is 16.2. The van der Waals surface area contributed by atoms with Crippen LogP contribution in [0.5, 0.6) is 0 Å². The third-order valence-electron chi connectivity index (χ3n) is 3.73. The number of aromatic nitrogens is 1. The molecule has 3 N–H and O–H groups in total. The fourth-order valence-electron chi connectivity index (χ4n) is 2.44. The molecule has 0 aliphatic carbocycles. The van der Waals surface area contributed by atoms with E-state index in [1.165, 1.54) is 6.08 Å². The van der Waals surface area contributed by atoms with Crippen LogP contribution in [0.15, 0.2) is 66.9 Å². The van der Waals surface area contributed by atoms with Gasteiger partial charge in [-0.15, -0.1) is 0 Å². The molecule has 0 unspecified atom stereocenters. The number of anilines is 2. The van der Waals surface area contributed by atoms with Crippen LogP contribution < -0.4 is 16.0 Å². The van der Waals surface area contributed by atoms with Gasteiger partial charge < -0.3 is 16.0 Å². The first-order valence-electron chi connectivity index (χ1n) is 8.07. The third kappa shape index (κ3) is 4.24. The van der Waals surface area contributed by atoms with Crippen molar-refractivity contribution in [1.82, 2.24) is 10.3 Å². The summed E-state index contributed by atoms with van der Waals surface area (Å²) in [6.45, 7) is 0. The number of pyridine rings is 1. The lowest BCUT2D eigenvalue weighted by atomic mass is 10.1. The molecule has 26 heavy (non-hydrogen) atoms. The van der Waals surface area contributed by atoms with Gasteiger partial charge >= 0.3 is 6.03 Å². The van der Waals surface area contributed by atoms with Gasteiger partial charge in [-0.2, -0.15) is 0 Å². The van der Waals surface area contributed by atoms with Crippen LogP contribution in [0.1, 0.15) is 5.56 Å². The Bertz CT molecular complexity index is 960. The summed E-state index contributed by atoms with van der Waals surface area (Å²) in [4.78, 5) is 27.7. The average Bonchev–Trinajstić information content (AvgIpc) is 2.67. The molecule has 0 spiro atoms. The van der Waals surface area contributed by atoms with Gasteiger partial charge in [0, 0.05) is 36.1 Å². The molecule has 0 aliphatic heterocycles. The molecule has 0 radical (unpaired) electrons. The molecule has 3 amide bonds. The van der Waals surface area contributed by atoms with E-state index in [0.29, 0.717) is 11.4 Å². The SMILES string of the molecule is CNC(=O)Nc1ccc(NC(=O)/C=C/c2ccnc3ccccc23)cc1. The Morgan fingerprint density at radius 2 is 1.62 bits per heavy atom. The number of carbonyl (C=O) groups is 2. The summed E-state index contributed by atoms with van der Waals surface area (Å²) < 4.78 is 0. The Kier molecular flexibility index (Phi) is 5.24. The van der Waals surface area contributed by atoms with Crippen molar-refractivity contribution in [3.05, 3.63) is 72.4 Å². The van der Waals surface area contributed by atoms with E-state index in [9.17, 15) is 9.59 Å². The Labute approximate surface area is 150 Å². The zero-order chi connectivity index (χ0) is 18.4. The number of para-hydroxylation sites is 1. The summed E-state index contributed by atoms with van der Waals surface area (Å²) in [5, 5.41) is 8.90. The fraction of sp³-hybridized carbons (Fsp3) is 0.0500. The van der Waals surface area contributed by atoms with Crippen LogP contribution in [0.25, 0.3) is 17.0 Å². The molecular weight excluding hydrogens is 328 g/mol. The van der Waals surface area contributed by atoms with Gasteiger partial charge in [-0.05, 0) is 48.0 Å². The van der Waals surface area contributed by atoms with Crippen molar-refractivity contribution in [2.75, 3.05) is 17.7 Å². The van der Waals surface area contributed by atoms with Crippen LogP contribution in [-0.2, 0) is 4.79 Å². The molecule has 0 bridgehead atoms. The molecule has 3 aromatic rings. The number of fused-ring (bicyclic) bond motifs is 1. The number of benzene rings is 2. The van der Waals surface area contributed by atoms with Crippen molar-refractivity contribution >= 4 is 40.3 Å². The Hall–Kier alpha value is -3.67. The number of amides is 3. The van der Waals surface area contributed by atoms with Crippen molar-refractivity contribution in [2.45, 2.75) is 0 Å². The lowest BCUT2D eigenvalue weighted by Crippen LogP contribution is -2.24. The average molecular weight is 346 g/mol. The highest BCUT2D eigenvalue weighted by Crippen LogP contribution is 2.18. The lowest BCUT2D eigenvalue weighted by molar-refractivity contribution is -0.111. The number of rotatable bonds is 4. The molecule has 0 atom stereocenters. The van der Waals surface area contributed by atoms with Gasteiger partial charge in [-0.3, -0.25) is 9.78 Å². The van der Waals surface area contributed by atoms with Gasteiger partial charge in [0.25, 0.3) is 0 Å². The van der Waals surface area contributed by atoms with Crippen molar-refractivity contribution in [3.63, 3.8) is 0 Å². The monoisotopic (exact) mass is 346 g/mol. The number of nitrogens with one attached hydrogen (secondary N) is 3. The third-order valence-corrected chi connectivity index (χ3v) is 3.73. The summed E-state index contributed by atoms with van der Waals surface area (Å²) in [7, 11) is 1.54. The maximum absolute atomic E-state index is 12.1. The zero-order valence-corrected chi connectivity index (χ0v) is 14.2. The summed E-state index contributed by atoms with van der Waals surface area (Å²) in [6, 6.07) is 16.2. The van der Waals surface area contributed by atoms with Crippen LogP contribution >= 0.6 is 0 Å². The number of hydrogen-bond donors (Lipinski definition) is 3. The van der Waals surface area contributed by atoms with Crippen molar-refractivity contribution in [2.24, 2.45) is 0 Å². The molecule has 1 heterocycles. The highest BCUT2D eigenvalue weighted by Gasteiger charge is 2.02. The number of carbonyl (C=O) groups excluding carboxylic acids is 2. The molecule has 0 fully saturated rings. The predicted octanol–water partition coefficient (Wildman–Crippen LogP) is 3.64. The van der Waals surface area contributed by atoms with E-state index in [1.54, 1.807) is 43.6 Å². The smallest absolute Gasteiger partial charge is 0.318 e. The van der Waals surface area contributed by atoms with Crippen molar-refractivity contribution < 1.29 is 9.59 Å². The van der Waals surface area contributed by atoms with Gasteiger partial charge in [0.05, 0.1) is 5.52 Å². The molecule has 0 saturated heterocycles. The van der Waals surface area contributed by atoms with Crippen molar-refractivity contribution in [1.29, 1.82) is 0 Å². The van der Waals surface area contributed by atoms with Gasteiger partial charge in [0.15, 0.2) is 0 Å². The molecule has 130 valence electrons. The predicted molar refractivity (Wildman–Crippen MR) is 104 cm³/mol. The van der Waals surface area contributed by atoms with Crippen molar-refractivity contribution in [3.8, 4) is 0 Å². The van der Waals surface area contributed by atoms with E-state index in [0.717, 1.165) is 16.5 Å². The molecular formula is C20H18N4O2. The second-order valence-corrected chi connectivity index (χ2v) is 5.52. The van der Waals surface area contributed by atoms with Crippen LogP contribution in [0.3, 0.4) is 0 Å². The van der Waals surface area contributed by atoms with Crippen LogP contribution in [0.2, 0.25) is 0 Å². The van der Waals surface area contributed by atoms with E-state index in [-0.39, 0.29) is 11.9 Å². The first kappa shape index (κ1) is 17.2. The minimum absolute atomic E-state index is 0.238. The maximum atomic E-state index is 12.1. The van der Waals surface area contributed by atoms with E-state index >= 15 is 0 Å². The van der Waals surface area contributed by atoms with Crippen LogP contribution in [-0.4, -0.2) is 24.0 Å². The quantitative estimate of drug-likeness (QED) is 0.631. The van der Waals surface area contributed by atoms with Gasteiger partial charge in [-0.1, -0.05) is 18.2 Å². The van der Waals surface area contributed by atoms with Gasteiger partial charge in [-0.25, -0.2) is 4.79 Å². The first-order valence-corrected chi connectivity index (χ1v) is 8.07. The summed E-state index contributed by atoms with van der Waals surface area (Å²) in [6.07, 6.45) is 4.97. The van der Waals surface area contributed by atoms with Crippen LogP contribution in [0.4, 0.5) is 16.2 Å². The topological polar surface area (TPSA) is 83.1 Å². The van der Waals surface area contributed by atoms with Gasteiger partial charge in [0.2, 0.25) is 5.91 Å². The number of urea groups is 1. The normalized spacial score (nSPS) is 10.7. The second kappa shape index (κ2) is 7.94. The largest absolute Gasteiger partial charge is 0.341 e. The Balaban J connectivity index is 1.66. The molecule has 2 aromatic carbocycles. The Morgan fingerprint density at radius 3 is 2.35 bits per heavy atom. The van der Waals surface area contributed by atoms with Gasteiger partial charge in [0.1, 0.15) is 0 Å². The summed E-state index contributed by atoms with van der Waals surface area (Å²) in [5.41, 5.74) is 3.09. The molecule has 0 aliphatic rings. The minimum atomic E-state index is -0.297. The first-order chi connectivity index (χ1) is 12.7. The highest BCUT2D eigenvalue weighted by molar-refractivity contribution is 6.03. The molecule has 3 rings (SSSR count). The van der Waals surface area contributed by atoms with E-state index in [2.05, 4.69) is 20.9 Å². The van der Waals surface area contributed by atoms with E-state index in [4.69, 9.17) is 0 Å². The molecule has 0 saturated carbocycles. The zero-order valence-electron chi connectivity index (χ0n) is 14.2. The lowest BCUT2D eigenvalue weighted by Gasteiger charge is -2.06. The molecule has 1 aromatic heterocycles. The minimum Gasteiger partial charge on any atom is -0.341 e. The number of nitrogens with zero attached hydrogens (tertiary/aromatic N) is 1. The Morgan fingerprint density at radius 1 is 0.923 bits per heavy atom. The number of hydrogen-bond acceptors (Lipinski definition) is 3.